The third-order valence-corrected chi connectivity index (χ3v) is 5.98. The Morgan fingerprint density at radius 3 is 2.20 bits per heavy atom. The Morgan fingerprint density at radius 1 is 0.933 bits per heavy atom. The average Bonchev–Trinajstić information content (AvgIpc) is 3.52. The number of benzene rings is 2. The molecule has 5 rings (SSSR count). The Morgan fingerprint density at radius 2 is 1.60 bits per heavy atom. The molecule has 0 atom stereocenters. The molecule has 6 nitrogen and oxygen atoms in total. The van der Waals surface area contributed by atoms with Gasteiger partial charge in [-0.3, -0.25) is 9.69 Å². The number of aromatic nitrogens is 1. The van der Waals surface area contributed by atoms with Crippen LogP contribution < -0.4 is 5.32 Å². The van der Waals surface area contributed by atoms with Gasteiger partial charge in [-0.25, -0.2) is 9.78 Å². The Labute approximate surface area is 176 Å². The smallest absolute Gasteiger partial charge is 0.325 e. The number of hydrogen-bond acceptors (Lipinski definition) is 5. The highest BCUT2D eigenvalue weighted by molar-refractivity contribution is 7.13. The standard InChI is InChI=1S/C23H17N3O3S/c27-21-23(16-8-3-1-4-9-16,17-10-5-2-6-11-17)25-22(28)26(21)14-18-15-29-20(24-18)19-12-7-13-30-19/h1-13,15H,14H2,(H,25,28). The van der Waals surface area contributed by atoms with E-state index in [1.807, 2.05) is 78.2 Å². The summed E-state index contributed by atoms with van der Waals surface area (Å²) in [4.78, 5) is 33.1. The van der Waals surface area contributed by atoms with E-state index >= 15 is 0 Å². The monoisotopic (exact) mass is 415 g/mol. The molecular formula is C23H17N3O3S. The molecule has 0 bridgehead atoms. The van der Waals surface area contributed by atoms with Gasteiger partial charge < -0.3 is 9.73 Å². The predicted octanol–water partition coefficient (Wildman–Crippen LogP) is 4.40. The summed E-state index contributed by atoms with van der Waals surface area (Å²) in [5.41, 5.74) is 0.645. The van der Waals surface area contributed by atoms with Crippen LogP contribution in [0.5, 0.6) is 0 Å². The zero-order valence-corrected chi connectivity index (χ0v) is 16.6. The lowest BCUT2D eigenvalue weighted by molar-refractivity contribution is -0.130. The first-order chi connectivity index (χ1) is 14.7. The lowest BCUT2D eigenvalue weighted by Gasteiger charge is -2.27. The van der Waals surface area contributed by atoms with Gasteiger partial charge in [0.25, 0.3) is 5.91 Å². The first-order valence-electron chi connectivity index (χ1n) is 9.42. The van der Waals surface area contributed by atoms with Crippen LogP contribution >= 0.6 is 11.3 Å². The van der Waals surface area contributed by atoms with Gasteiger partial charge in [0.15, 0.2) is 5.54 Å². The van der Waals surface area contributed by atoms with Crippen LogP contribution in [0.15, 0.2) is 88.9 Å². The van der Waals surface area contributed by atoms with Gasteiger partial charge in [-0.2, -0.15) is 0 Å². The van der Waals surface area contributed by atoms with Crippen molar-refractivity contribution >= 4 is 23.3 Å². The lowest BCUT2D eigenvalue weighted by atomic mass is 9.82. The van der Waals surface area contributed by atoms with Gasteiger partial charge in [0.2, 0.25) is 5.89 Å². The highest BCUT2D eigenvalue weighted by atomic mass is 32.1. The molecule has 0 spiro atoms. The molecule has 1 aliphatic rings. The van der Waals surface area contributed by atoms with Crippen LogP contribution in [0.2, 0.25) is 0 Å². The SMILES string of the molecule is O=C1NC(c2ccccc2)(c2ccccc2)C(=O)N1Cc1coc(-c2cccs2)n1. The van der Waals surface area contributed by atoms with Gasteiger partial charge in [0.1, 0.15) is 6.26 Å². The molecule has 1 N–H and O–H groups in total. The molecule has 1 fully saturated rings. The highest BCUT2D eigenvalue weighted by Gasteiger charge is 2.53. The van der Waals surface area contributed by atoms with Crippen LogP contribution in [0.4, 0.5) is 4.79 Å². The van der Waals surface area contributed by atoms with Gasteiger partial charge in [0.05, 0.1) is 17.1 Å². The summed E-state index contributed by atoms with van der Waals surface area (Å²) in [6, 6.07) is 21.9. The minimum atomic E-state index is -1.28. The van der Waals surface area contributed by atoms with Gasteiger partial charge in [-0.15, -0.1) is 11.3 Å². The summed E-state index contributed by atoms with van der Waals surface area (Å²) < 4.78 is 5.54. The largest absolute Gasteiger partial charge is 0.443 e. The predicted molar refractivity (Wildman–Crippen MR) is 113 cm³/mol. The van der Waals surface area contributed by atoms with Crippen LogP contribution in [0.3, 0.4) is 0 Å². The van der Waals surface area contributed by atoms with Crippen LogP contribution in [-0.2, 0) is 16.9 Å². The molecule has 2 aromatic carbocycles. The fraction of sp³-hybridized carbons (Fsp3) is 0.0870. The molecular weight excluding hydrogens is 398 g/mol. The summed E-state index contributed by atoms with van der Waals surface area (Å²) in [6.07, 6.45) is 1.49. The number of rotatable bonds is 5. The van der Waals surface area contributed by atoms with Crippen LogP contribution in [-0.4, -0.2) is 21.8 Å². The summed E-state index contributed by atoms with van der Waals surface area (Å²) in [7, 11) is 0. The summed E-state index contributed by atoms with van der Waals surface area (Å²) >= 11 is 1.51. The minimum absolute atomic E-state index is 0.0287. The molecule has 0 unspecified atom stereocenters. The van der Waals surface area contributed by atoms with E-state index in [4.69, 9.17) is 4.42 Å². The zero-order valence-electron chi connectivity index (χ0n) is 15.8. The van der Waals surface area contributed by atoms with Crippen molar-refractivity contribution in [3.63, 3.8) is 0 Å². The Balaban J connectivity index is 1.51. The van der Waals surface area contributed by atoms with E-state index in [2.05, 4.69) is 10.3 Å². The van der Waals surface area contributed by atoms with Crippen molar-refractivity contribution in [1.29, 1.82) is 0 Å². The molecule has 0 radical (unpaired) electrons. The Kier molecular flexibility index (Phi) is 4.44. The third kappa shape index (κ3) is 2.91. The number of hydrogen-bond donors (Lipinski definition) is 1. The average molecular weight is 415 g/mol. The van der Waals surface area contributed by atoms with E-state index in [9.17, 15) is 9.59 Å². The summed E-state index contributed by atoms with van der Waals surface area (Å²) in [6.45, 7) is 0.0287. The third-order valence-electron chi connectivity index (χ3n) is 5.12. The number of nitrogens with zero attached hydrogens (tertiary/aromatic N) is 2. The number of nitrogens with one attached hydrogen (secondary N) is 1. The maximum Gasteiger partial charge on any atom is 0.325 e. The normalized spacial score (nSPS) is 15.4. The molecule has 148 valence electrons. The lowest BCUT2D eigenvalue weighted by Crippen LogP contribution is -2.45. The number of carbonyl (C=O) groups is 2. The Bertz CT molecular complexity index is 1150. The van der Waals surface area contributed by atoms with Crippen molar-refractivity contribution in [2.45, 2.75) is 12.1 Å². The quantitative estimate of drug-likeness (QED) is 0.490. The second-order valence-corrected chi connectivity index (χ2v) is 7.87. The van der Waals surface area contributed by atoms with Gasteiger partial charge in [-0.1, -0.05) is 66.7 Å². The van der Waals surface area contributed by atoms with Gasteiger partial charge in [-0.05, 0) is 22.6 Å². The molecule has 0 saturated carbocycles. The topological polar surface area (TPSA) is 75.4 Å². The molecule has 0 aliphatic carbocycles. The molecule has 4 aromatic rings. The maximum absolute atomic E-state index is 13.7. The highest BCUT2D eigenvalue weighted by Crippen LogP contribution is 2.36. The fourth-order valence-electron chi connectivity index (χ4n) is 3.71. The summed E-state index contributed by atoms with van der Waals surface area (Å²) in [5, 5.41) is 4.87. The van der Waals surface area contributed by atoms with Crippen LogP contribution in [0.1, 0.15) is 16.8 Å². The maximum atomic E-state index is 13.7. The Hall–Kier alpha value is -3.71. The molecule has 3 heterocycles. The number of oxazole rings is 1. The van der Waals surface area contributed by atoms with Crippen LogP contribution in [0, 0.1) is 0 Å². The van der Waals surface area contributed by atoms with E-state index in [1.165, 1.54) is 22.5 Å². The number of amides is 3. The second-order valence-electron chi connectivity index (χ2n) is 6.92. The first kappa shape index (κ1) is 18.3. The van der Waals surface area contributed by atoms with Crippen molar-refractivity contribution in [3.05, 3.63) is 101 Å². The number of thiophene rings is 1. The van der Waals surface area contributed by atoms with Crippen molar-refractivity contribution in [2.75, 3.05) is 0 Å². The van der Waals surface area contributed by atoms with Crippen molar-refractivity contribution in [1.82, 2.24) is 15.2 Å². The molecule has 7 heteroatoms. The number of imide groups is 1. The number of urea groups is 1. The minimum Gasteiger partial charge on any atom is -0.443 e. The second kappa shape index (κ2) is 7.27. The molecule has 1 saturated heterocycles. The molecule has 1 aliphatic heterocycles. The van der Waals surface area contributed by atoms with Crippen molar-refractivity contribution in [2.24, 2.45) is 0 Å². The van der Waals surface area contributed by atoms with E-state index in [0.717, 1.165) is 4.88 Å². The van der Waals surface area contributed by atoms with Crippen molar-refractivity contribution < 1.29 is 14.0 Å². The van der Waals surface area contributed by atoms with Gasteiger partial charge in [0, 0.05) is 0 Å². The molecule has 30 heavy (non-hydrogen) atoms. The fourth-order valence-corrected chi connectivity index (χ4v) is 4.36. The van der Waals surface area contributed by atoms with E-state index < -0.39 is 11.6 Å². The first-order valence-corrected chi connectivity index (χ1v) is 10.3. The summed E-state index contributed by atoms with van der Waals surface area (Å²) in [5.74, 6) is 0.134. The molecule has 2 aromatic heterocycles. The molecule has 3 amide bonds. The van der Waals surface area contributed by atoms with E-state index in [-0.39, 0.29) is 12.5 Å². The van der Waals surface area contributed by atoms with Gasteiger partial charge >= 0.3 is 6.03 Å². The van der Waals surface area contributed by atoms with Crippen LogP contribution in [0.25, 0.3) is 10.8 Å². The van der Waals surface area contributed by atoms with E-state index in [0.29, 0.717) is 22.7 Å². The van der Waals surface area contributed by atoms with Crippen molar-refractivity contribution in [3.8, 4) is 10.8 Å². The van der Waals surface area contributed by atoms with E-state index in [1.54, 1.807) is 0 Å². The number of carbonyl (C=O) groups excluding carboxylic acids is 2. The zero-order chi connectivity index (χ0) is 20.6.